The molecule has 0 saturated carbocycles. The van der Waals surface area contributed by atoms with Gasteiger partial charge in [-0.05, 0) is 34.4 Å². The van der Waals surface area contributed by atoms with Crippen LogP contribution in [0.25, 0.3) is 22.3 Å². The molecular weight excluding hydrogens is 368 g/mol. The summed E-state index contributed by atoms with van der Waals surface area (Å²) in [5, 5.41) is 0. The van der Waals surface area contributed by atoms with Crippen LogP contribution in [0.4, 0.5) is 0 Å². The molecule has 0 heterocycles. The second-order valence-corrected chi connectivity index (χ2v) is 6.44. The summed E-state index contributed by atoms with van der Waals surface area (Å²) < 4.78 is 8.47. The predicted molar refractivity (Wildman–Crippen MR) is 111 cm³/mol. The van der Waals surface area contributed by atoms with E-state index in [1.807, 2.05) is 48.5 Å². The van der Waals surface area contributed by atoms with Crippen molar-refractivity contribution in [1.82, 2.24) is 0 Å². The fraction of sp³-hybridized carbons (Fsp3) is 0. The topological polar surface area (TPSA) is 0 Å². The molecule has 122 valence electrons. The van der Waals surface area contributed by atoms with Crippen LogP contribution in [0.3, 0.4) is 0 Å². The lowest BCUT2D eigenvalue weighted by atomic mass is 10.1. The number of halogens is 1. The van der Waals surface area contributed by atoms with E-state index in [0.29, 0.717) is 6.04 Å². The molecule has 0 fully saturated rings. The minimum atomic E-state index is 0.555. The van der Waals surface area contributed by atoms with Gasteiger partial charge in [-0.3, -0.25) is 0 Å². The van der Waals surface area contributed by atoms with Crippen LogP contribution >= 0.6 is 15.9 Å². The molecule has 0 spiro atoms. The van der Waals surface area contributed by atoms with E-state index in [2.05, 4.69) is 76.6 Å². The molecular formula is C24H19Br. The largest absolute Gasteiger partial charge is 0.0623 e. The van der Waals surface area contributed by atoms with Gasteiger partial charge in [-0.1, -0.05) is 119 Å². The highest BCUT2D eigenvalue weighted by atomic mass is 79.9. The fourth-order valence-corrected chi connectivity index (χ4v) is 2.75. The third-order valence-corrected chi connectivity index (χ3v) is 4.31. The van der Waals surface area contributed by atoms with Gasteiger partial charge in [0.25, 0.3) is 0 Å². The maximum absolute atomic E-state index is 7.35. The summed E-state index contributed by atoms with van der Waals surface area (Å²) >= 11 is 3.42. The molecule has 0 aliphatic heterocycles. The van der Waals surface area contributed by atoms with Crippen molar-refractivity contribution in [2.45, 2.75) is 0 Å². The summed E-state index contributed by atoms with van der Waals surface area (Å²) in [6, 6.07) is 37.0. The van der Waals surface area contributed by atoms with Gasteiger partial charge in [-0.2, -0.15) is 0 Å². The predicted octanol–water partition coefficient (Wildman–Crippen LogP) is 7.47. The van der Waals surface area contributed by atoms with Crippen molar-refractivity contribution in [3.05, 3.63) is 120 Å². The first kappa shape index (κ1) is 15.9. The Morgan fingerprint density at radius 3 is 1.24 bits per heavy atom. The second kappa shape index (κ2) is 9.00. The molecule has 0 atom stereocenters. The van der Waals surface area contributed by atoms with Gasteiger partial charge in [0.15, 0.2) is 0 Å². The van der Waals surface area contributed by atoms with Crippen molar-refractivity contribution in [2.24, 2.45) is 0 Å². The van der Waals surface area contributed by atoms with Crippen LogP contribution in [0.1, 0.15) is 1.37 Å². The van der Waals surface area contributed by atoms with E-state index in [4.69, 9.17) is 1.37 Å². The fourth-order valence-electron chi connectivity index (χ4n) is 2.48. The molecule has 0 unspecified atom stereocenters. The van der Waals surface area contributed by atoms with Crippen LogP contribution < -0.4 is 0 Å². The molecule has 0 radical (unpaired) electrons. The average Bonchev–Trinajstić information content (AvgIpc) is 2.71. The Labute approximate surface area is 159 Å². The van der Waals surface area contributed by atoms with Crippen LogP contribution in [0, 0.1) is 0 Å². The molecule has 0 aromatic heterocycles. The first-order valence-corrected chi connectivity index (χ1v) is 8.95. The minimum Gasteiger partial charge on any atom is -0.0622 e. The third kappa shape index (κ3) is 5.17. The van der Waals surface area contributed by atoms with E-state index >= 15 is 0 Å². The van der Waals surface area contributed by atoms with Crippen LogP contribution in [0.2, 0.25) is 0 Å². The van der Waals surface area contributed by atoms with Crippen LogP contribution in [0.5, 0.6) is 0 Å². The highest BCUT2D eigenvalue weighted by Gasteiger charge is 1.94. The molecule has 25 heavy (non-hydrogen) atoms. The maximum atomic E-state index is 7.35. The summed E-state index contributed by atoms with van der Waals surface area (Å²) in [7, 11) is 0. The van der Waals surface area contributed by atoms with Crippen LogP contribution in [-0.4, -0.2) is 0 Å². The molecule has 4 aromatic carbocycles. The molecule has 0 saturated heterocycles. The summed E-state index contributed by atoms with van der Waals surface area (Å²) in [6.07, 6.45) is 0. The number of benzene rings is 4. The van der Waals surface area contributed by atoms with Gasteiger partial charge >= 0.3 is 0 Å². The zero-order valence-corrected chi connectivity index (χ0v) is 15.4. The zero-order valence-electron chi connectivity index (χ0n) is 14.8. The quantitative estimate of drug-likeness (QED) is 0.334. The van der Waals surface area contributed by atoms with E-state index in [9.17, 15) is 0 Å². The zero-order chi connectivity index (χ0) is 18.2. The van der Waals surface area contributed by atoms with Gasteiger partial charge in [0.1, 0.15) is 0 Å². The molecule has 0 nitrogen and oxygen atoms in total. The Balaban J connectivity index is 0.000000151. The maximum Gasteiger partial charge on any atom is 0.0623 e. The van der Waals surface area contributed by atoms with Crippen LogP contribution in [0.15, 0.2) is 120 Å². The van der Waals surface area contributed by atoms with Crippen LogP contribution in [-0.2, 0) is 0 Å². The monoisotopic (exact) mass is 388 g/mol. The minimum absolute atomic E-state index is 0.555. The van der Waals surface area contributed by atoms with Gasteiger partial charge in [0, 0.05) is 4.47 Å². The lowest BCUT2D eigenvalue weighted by Crippen LogP contribution is -1.75. The molecule has 0 amide bonds. The Morgan fingerprint density at radius 2 is 0.800 bits per heavy atom. The lowest BCUT2D eigenvalue weighted by Gasteiger charge is -2.00. The Kier molecular flexibility index (Phi) is 5.71. The summed E-state index contributed by atoms with van der Waals surface area (Å²) in [4.78, 5) is 0. The van der Waals surface area contributed by atoms with E-state index in [1.54, 1.807) is 0 Å². The van der Waals surface area contributed by atoms with Gasteiger partial charge in [0.05, 0.1) is 1.37 Å². The van der Waals surface area contributed by atoms with Crippen molar-refractivity contribution < 1.29 is 1.37 Å². The smallest absolute Gasteiger partial charge is 0.0622 e. The molecule has 0 bridgehead atoms. The highest BCUT2D eigenvalue weighted by molar-refractivity contribution is 9.10. The first-order chi connectivity index (χ1) is 12.7. The van der Waals surface area contributed by atoms with Gasteiger partial charge < -0.3 is 0 Å². The Bertz CT molecular complexity index is 834. The number of rotatable bonds is 2. The lowest BCUT2D eigenvalue weighted by molar-refractivity contribution is 1.59. The van der Waals surface area contributed by atoms with Crippen molar-refractivity contribution >= 4 is 15.9 Å². The van der Waals surface area contributed by atoms with Crippen molar-refractivity contribution in [2.75, 3.05) is 0 Å². The normalized spacial score (nSPS) is 10.4. The second-order valence-electron chi connectivity index (χ2n) is 5.53. The van der Waals surface area contributed by atoms with Gasteiger partial charge in [0.2, 0.25) is 0 Å². The van der Waals surface area contributed by atoms with Crippen molar-refractivity contribution in [3.63, 3.8) is 0 Å². The van der Waals surface area contributed by atoms with E-state index < -0.39 is 0 Å². The van der Waals surface area contributed by atoms with Gasteiger partial charge in [-0.15, -0.1) is 0 Å². The molecule has 0 aliphatic rings. The number of hydrogen-bond donors (Lipinski definition) is 0. The van der Waals surface area contributed by atoms with Crippen molar-refractivity contribution in [1.29, 1.82) is 0 Å². The highest BCUT2D eigenvalue weighted by Crippen LogP contribution is 2.21. The number of hydrogen-bond acceptors (Lipinski definition) is 0. The summed E-state index contributed by atoms with van der Waals surface area (Å²) in [5.41, 5.74) is 4.87. The Hall–Kier alpha value is -2.64. The van der Waals surface area contributed by atoms with Gasteiger partial charge in [-0.25, -0.2) is 0 Å². The van der Waals surface area contributed by atoms with Crippen molar-refractivity contribution in [3.8, 4) is 22.3 Å². The average molecular weight is 389 g/mol. The molecule has 4 rings (SSSR count). The molecule has 1 heteroatoms. The van der Waals surface area contributed by atoms with E-state index in [0.717, 1.165) is 10.0 Å². The van der Waals surface area contributed by atoms with E-state index in [-0.39, 0.29) is 0 Å². The first-order valence-electron chi connectivity index (χ1n) is 8.65. The molecule has 4 aromatic rings. The molecule has 0 N–H and O–H groups in total. The molecule has 0 aliphatic carbocycles. The Morgan fingerprint density at radius 1 is 0.440 bits per heavy atom. The standard InChI is InChI=1S/C12H9Br.C12H10/c13-12-8-6-11(7-9-12)10-4-2-1-3-5-10;1-3-7-11(8-4-1)12-9-5-2-6-10-12/h1-9H;1-10H/i;1T. The summed E-state index contributed by atoms with van der Waals surface area (Å²) in [5.74, 6) is 0. The SMILES string of the molecule is Brc1ccc(-c2ccccc2)cc1.[3H]c1ccc(-c2ccccc2)cc1. The summed E-state index contributed by atoms with van der Waals surface area (Å²) in [6.45, 7) is 0. The van der Waals surface area contributed by atoms with E-state index in [1.165, 1.54) is 16.7 Å². The third-order valence-electron chi connectivity index (χ3n) is 3.78.